The Morgan fingerprint density at radius 2 is 2.12 bits per heavy atom. The number of alkyl halides is 2. The van der Waals surface area contributed by atoms with E-state index in [0.717, 1.165) is 4.90 Å². The number of hydrogen-bond donors (Lipinski definition) is 1. The van der Waals surface area contributed by atoms with E-state index in [1.807, 2.05) is 0 Å². The largest absolute Gasteiger partial charge is 0.444 e. The minimum atomic E-state index is -2.81. The standard InChI is InChI=1S/C10H16F2N2O2/c1-9(2,3)16-8(15)14-5-4-13-6-7(14)10(6,11)12/h6-7,13H,4-5H2,1-3H3. The van der Waals surface area contributed by atoms with E-state index >= 15 is 0 Å². The zero-order valence-corrected chi connectivity index (χ0v) is 9.59. The lowest BCUT2D eigenvalue weighted by Gasteiger charge is -2.29. The topological polar surface area (TPSA) is 41.6 Å². The molecule has 6 heteroatoms. The molecule has 16 heavy (non-hydrogen) atoms. The van der Waals surface area contributed by atoms with Gasteiger partial charge in [0.15, 0.2) is 0 Å². The van der Waals surface area contributed by atoms with Crippen molar-refractivity contribution in [3.63, 3.8) is 0 Å². The average Bonchev–Trinajstić information content (AvgIpc) is 2.67. The first-order valence-electron chi connectivity index (χ1n) is 5.34. The van der Waals surface area contributed by atoms with E-state index in [-0.39, 0.29) is 6.54 Å². The molecule has 0 bridgehead atoms. The van der Waals surface area contributed by atoms with Gasteiger partial charge >= 0.3 is 6.09 Å². The molecule has 1 N–H and O–H groups in total. The van der Waals surface area contributed by atoms with Crippen LogP contribution in [-0.2, 0) is 4.74 Å². The summed E-state index contributed by atoms with van der Waals surface area (Å²) < 4.78 is 31.6. The third-order valence-electron chi connectivity index (χ3n) is 2.70. The Hall–Kier alpha value is -0.910. The van der Waals surface area contributed by atoms with Gasteiger partial charge in [-0.1, -0.05) is 0 Å². The van der Waals surface area contributed by atoms with Crippen molar-refractivity contribution >= 4 is 6.09 Å². The van der Waals surface area contributed by atoms with Crippen molar-refractivity contribution in [2.24, 2.45) is 0 Å². The van der Waals surface area contributed by atoms with E-state index in [4.69, 9.17) is 4.74 Å². The number of hydrogen-bond acceptors (Lipinski definition) is 3. The van der Waals surface area contributed by atoms with Crippen molar-refractivity contribution in [2.75, 3.05) is 13.1 Å². The van der Waals surface area contributed by atoms with Crippen LogP contribution in [0.1, 0.15) is 20.8 Å². The molecular formula is C10H16F2N2O2. The molecular weight excluding hydrogens is 218 g/mol. The number of piperazine rings is 1. The third-order valence-corrected chi connectivity index (χ3v) is 2.70. The lowest BCUT2D eigenvalue weighted by Crippen LogP contribution is -2.48. The molecule has 2 aliphatic rings. The maximum Gasteiger partial charge on any atom is 0.410 e. The highest BCUT2D eigenvalue weighted by atomic mass is 19.3. The molecule has 0 spiro atoms. The van der Waals surface area contributed by atoms with Gasteiger partial charge in [0.2, 0.25) is 0 Å². The number of carbonyl (C=O) groups is 1. The summed E-state index contributed by atoms with van der Waals surface area (Å²) in [6.45, 7) is 5.81. The molecule has 4 nitrogen and oxygen atoms in total. The first-order valence-corrected chi connectivity index (χ1v) is 5.34. The highest BCUT2D eigenvalue weighted by Crippen LogP contribution is 2.47. The number of ether oxygens (including phenoxy) is 1. The SMILES string of the molecule is CC(C)(C)OC(=O)N1CCNC2C1C2(F)F. The number of carbonyl (C=O) groups excluding carboxylic acids is 1. The summed E-state index contributed by atoms with van der Waals surface area (Å²) in [5, 5.41) is 2.69. The third kappa shape index (κ3) is 1.86. The van der Waals surface area contributed by atoms with Gasteiger partial charge in [0, 0.05) is 13.1 Å². The predicted octanol–water partition coefficient (Wildman–Crippen LogP) is 1.21. The van der Waals surface area contributed by atoms with E-state index in [1.165, 1.54) is 0 Å². The van der Waals surface area contributed by atoms with Gasteiger partial charge in [0.25, 0.3) is 5.92 Å². The predicted molar refractivity (Wildman–Crippen MR) is 53.5 cm³/mol. The van der Waals surface area contributed by atoms with E-state index < -0.39 is 29.7 Å². The van der Waals surface area contributed by atoms with Crippen LogP contribution in [0.2, 0.25) is 0 Å². The minimum Gasteiger partial charge on any atom is -0.444 e. The number of nitrogens with one attached hydrogen (secondary N) is 1. The first-order chi connectivity index (χ1) is 7.23. The van der Waals surface area contributed by atoms with Crippen LogP contribution in [0.15, 0.2) is 0 Å². The average molecular weight is 234 g/mol. The molecule has 2 fully saturated rings. The summed E-state index contributed by atoms with van der Waals surface area (Å²) in [5.41, 5.74) is -0.651. The fraction of sp³-hybridized carbons (Fsp3) is 0.900. The number of nitrogens with zero attached hydrogens (tertiary/aromatic N) is 1. The molecule has 1 aliphatic carbocycles. The monoisotopic (exact) mass is 234 g/mol. The van der Waals surface area contributed by atoms with Gasteiger partial charge in [-0.05, 0) is 20.8 Å². The summed E-state index contributed by atoms with van der Waals surface area (Å²) in [4.78, 5) is 12.8. The van der Waals surface area contributed by atoms with Crippen LogP contribution >= 0.6 is 0 Å². The lowest BCUT2D eigenvalue weighted by atomic mass is 10.2. The Morgan fingerprint density at radius 3 is 2.69 bits per heavy atom. The molecule has 1 heterocycles. The van der Waals surface area contributed by atoms with Gasteiger partial charge in [-0.25, -0.2) is 13.6 Å². The van der Waals surface area contributed by atoms with Crippen LogP contribution in [-0.4, -0.2) is 47.7 Å². The quantitative estimate of drug-likeness (QED) is 0.685. The van der Waals surface area contributed by atoms with Crippen molar-refractivity contribution in [3.8, 4) is 0 Å². The summed E-state index contributed by atoms with van der Waals surface area (Å²) in [7, 11) is 0. The normalized spacial score (nSPS) is 31.9. The van der Waals surface area contributed by atoms with Crippen molar-refractivity contribution in [1.29, 1.82) is 0 Å². The maximum atomic E-state index is 13.2. The second kappa shape index (κ2) is 3.29. The van der Waals surface area contributed by atoms with Crippen molar-refractivity contribution < 1.29 is 18.3 Å². The molecule has 2 rings (SSSR count). The zero-order valence-electron chi connectivity index (χ0n) is 9.59. The first kappa shape index (κ1) is 11.6. The van der Waals surface area contributed by atoms with Gasteiger partial charge in [-0.3, -0.25) is 4.90 Å². The Kier molecular flexibility index (Phi) is 2.38. The van der Waals surface area contributed by atoms with Gasteiger partial charge < -0.3 is 10.1 Å². The Labute approximate surface area is 92.9 Å². The summed E-state index contributed by atoms with van der Waals surface area (Å²) in [6.07, 6.45) is -0.652. The van der Waals surface area contributed by atoms with Gasteiger partial charge in [0.1, 0.15) is 17.7 Å². The Balaban J connectivity index is 2.02. The molecule has 1 saturated heterocycles. The Morgan fingerprint density at radius 1 is 1.50 bits per heavy atom. The van der Waals surface area contributed by atoms with E-state index in [2.05, 4.69) is 5.32 Å². The van der Waals surface area contributed by atoms with Gasteiger partial charge in [-0.2, -0.15) is 0 Å². The van der Waals surface area contributed by atoms with Crippen LogP contribution in [0.5, 0.6) is 0 Å². The molecule has 1 aliphatic heterocycles. The molecule has 0 radical (unpaired) electrons. The van der Waals surface area contributed by atoms with E-state index in [0.29, 0.717) is 6.54 Å². The molecule has 0 aromatic rings. The van der Waals surface area contributed by atoms with Crippen LogP contribution in [0, 0.1) is 0 Å². The highest BCUT2D eigenvalue weighted by molar-refractivity contribution is 5.70. The fourth-order valence-corrected chi connectivity index (χ4v) is 1.95. The van der Waals surface area contributed by atoms with Crippen LogP contribution in [0.4, 0.5) is 13.6 Å². The Bertz CT molecular complexity index is 314. The molecule has 0 aromatic heterocycles. The zero-order chi connectivity index (χ0) is 12.1. The van der Waals surface area contributed by atoms with Crippen LogP contribution < -0.4 is 5.32 Å². The molecule has 1 saturated carbocycles. The summed E-state index contributed by atoms with van der Waals surface area (Å²) in [6, 6.07) is -1.93. The van der Waals surface area contributed by atoms with Gasteiger partial charge in [-0.15, -0.1) is 0 Å². The van der Waals surface area contributed by atoms with Crippen LogP contribution in [0.3, 0.4) is 0 Å². The molecule has 1 amide bonds. The minimum absolute atomic E-state index is 0.270. The van der Waals surface area contributed by atoms with E-state index in [1.54, 1.807) is 20.8 Å². The lowest BCUT2D eigenvalue weighted by molar-refractivity contribution is 0.0102. The van der Waals surface area contributed by atoms with Crippen molar-refractivity contribution in [2.45, 2.75) is 44.4 Å². The number of amides is 1. The molecule has 2 unspecified atom stereocenters. The van der Waals surface area contributed by atoms with Crippen molar-refractivity contribution in [1.82, 2.24) is 10.2 Å². The highest BCUT2D eigenvalue weighted by Gasteiger charge is 2.73. The maximum absolute atomic E-state index is 13.2. The molecule has 92 valence electrons. The number of rotatable bonds is 0. The van der Waals surface area contributed by atoms with Crippen molar-refractivity contribution in [3.05, 3.63) is 0 Å². The second-order valence-electron chi connectivity index (χ2n) is 5.22. The van der Waals surface area contributed by atoms with Crippen LogP contribution in [0.25, 0.3) is 0 Å². The number of fused-ring (bicyclic) bond motifs is 1. The smallest absolute Gasteiger partial charge is 0.410 e. The molecule has 2 atom stereocenters. The summed E-state index contributed by atoms with van der Waals surface area (Å²) in [5.74, 6) is -2.81. The number of halogens is 2. The second-order valence-corrected chi connectivity index (χ2v) is 5.22. The summed E-state index contributed by atoms with van der Waals surface area (Å²) >= 11 is 0. The van der Waals surface area contributed by atoms with Gasteiger partial charge in [0.05, 0.1) is 0 Å². The van der Waals surface area contributed by atoms with E-state index in [9.17, 15) is 13.6 Å². The fourth-order valence-electron chi connectivity index (χ4n) is 1.95. The molecule has 0 aromatic carbocycles.